The second kappa shape index (κ2) is 9.21. The van der Waals surface area contributed by atoms with Crippen molar-refractivity contribution in [2.45, 2.75) is 19.8 Å². The summed E-state index contributed by atoms with van der Waals surface area (Å²) in [4.78, 5) is 10.5. The first-order valence-electron chi connectivity index (χ1n) is 3.21. The fourth-order valence-corrected chi connectivity index (χ4v) is 0.461. The van der Waals surface area contributed by atoms with Gasteiger partial charge in [-0.25, -0.2) is 0 Å². The summed E-state index contributed by atoms with van der Waals surface area (Å²) in [5.74, 6) is -0.0801. The van der Waals surface area contributed by atoms with Crippen molar-refractivity contribution in [2.75, 3.05) is 6.54 Å². The Morgan fingerprint density at radius 2 is 2.30 bits per heavy atom. The standard InChI is InChI=1S/C7H13NO.Na.H/c1-3-5-6-8-7(9)4-2;;/h4H,2-3,5-6H2,1H3,(H,8,9);;. The van der Waals surface area contributed by atoms with Crippen molar-refractivity contribution in [3.05, 3.63) is 12.7 Å². The molecule has 0 atom stereocenters. The Morgan fingerprint density at radius 1 is 1.70 bits per heavy atom. The molecule has 0 bridgehead atoms. The number of hydrogen-bond donors (Lipinski definition) is 1. The molecule has 2 nitrogen and oxygen atoms in total. The van der Waals surface area contributed by atoms with Crippen LogP contribution in [0.25, 0.3) is 0 Å². The van der Waals surface area contributed by atoms with Crippen molar-refractivity contribution in [3.8, 4) is 0 Å². The Hall–Kier alpha value is 0.210. The van der Waals surface area contributed by atoms with Gasteiger partial charge in [-0.2, -0.15) is 0 Å². The third-order valence-corrected chi connectivity index (χ3v) is 1.01. The van der Waals surface area contributed by atoms with Gasteiger partial charge in [-0.3, -0.25) is 4.79 Å². The van der Waals surface area contributed by atoms with Gasteiger partial charge in [-0.15, -0.1) is 0 Å². The zero-order chi connectivity index (χ0) is 7.11. The third-order valence-electron chi connectivity index (χ3n) is 1.01. The van der Waals surface area contributed by atoms with E-state index in [0.29, 0.717) is 0 Å². The summed E-state index contributed by atoms with van der Waals surface area (Å²) in [5.41, 5.74) is 0. The van der Waals surface area contributed by atoms with Crippen molar-refractivity contribution in [3.63, 3.8) is 0 Å². The summed E-state index contributed by atoms with van der Waals surface area (Å²) in [6, 6.07) is 0. The van der Waals surface area contributed by atoms with Gasteiger partial charge in [0.25, 0.3) is 0 Å². The molecule has 1 amide bonds. The molecule has 0 aromatic heterocycles. The van der Waals surface area contributed by atoms with Gasteiger partial charge in [-0.05, 0) is 12.5 Å². The van der Waals surface area contributed by atoms with E-state index >= 15 is 0 Å². The normalized spacial score (nSPS) is 7.70. The van der Waals surface area contributed by atoms with E-state index < -0.39 is 0 Å². The maximum atomic E-state index is 10.5. The summed E-state index contributed by atoms with van der Waals surface area (Å²) in [7, 11) is 0. The number of rotatable bonds is 4. The van der Waals surface area contributed by atoms with Crippen LogP contribution in [0.2, 0.25) is 0 Å². The van der Waals surface area contributed by atoms with Crippen LogP contribution in [0.5, 0.6) is 0 Å². The molecule has 0 aromatic carbocycles. The van der Waals surface area contributed by atoms with E-state index in [9.17, 15) is 4.79 Å². The van der Waals surface area contributed by atoms with E-state index in [1.54, 1.807) is 0 Å². The molecule has 10 heavy (non-hydrogen) atoms. The topological polar surface area (TPSA) is 29.1 Å². The van der Waals surface area contributed by atoms with Crippen LogP contribution in [0.1, 0.15) is 19.8 Å². The molecule has 0 radical (unpaired) electrons. The van der Waals surface area contributed by atoms with Gasteiger partial charge < -0.3 is 5.32 Å². The molecule has 0 heterocycles. The minimum absolute atomic E-state index is 0. The number of carbonyl (C=O) groups excluding carboxylic acids is 1. The molecule has 0 spiro atoms. The molecule has 0 aromatic rings. The Bertz CT molecular complexity index is 104. The first-order valence-corrected chi connectivity index (χ1v) is 3.21. The number of hydrogen-bond acceptors (Lipinski definition) is 1. The van der Waals surface area contributed by atoms with Crippen molar-refractivity contribution < 1.29 is 4.79 Å². The van der Waals surface area contributed by atoms with E-state index in [1.807, 2.05) is 0 Å². The summed E-state index contributed by atoms with van der Waals surface area (Å²) in [6.45, 7) is 6.18. The zero-order valence-corrected chi connectivity index (χ0v) is 5.81. The average molecular weight is 151 g/mol. The predicted molar refractivity (Wildman–Crippen MR) is 45.3 cm³/mol. The summed E-state index contributed by atoms with van der Waals surface area (Å²) in [6.07, 6.45) is 3.44. The van der Waals surface area contributed by atoms with Gasteiger partial charge in [0, 0.05) is 6.54 Å². The Kier molecular flexibility index (Phi) is 11.8. The van der Waals surface area contributed by atoms with Gasteiger partial charge in [0.05, 0.1) is 0 Å². The molecular formula is C7H14NNaO. The van der Waals surface area contributed by atoms with E-state index in [0.717, 1.165) is 19.4 Å². The molecule has 0 fully saturated rings. The second-order valence-electron chi connectivity index (χ2n) is 1.85. The van der Waals surface area contributed by atoms with Gasteiger partial charge in [0.2, 0.25) is 5.91 Å². The van der Waals surface area contributed by atoms with Crippen LogP contribution in [0, 0.1) is 0 Å². The summed E-state index contributed by atoms with van der Waals surface area (Å²) < 4.78 is 0. The third kappa shape index (κ3) is 8.21. The van der Waals surface area contributed by atoms with Crippen LogP contribution in [-0.4, -0.2) is 42.0 Å². The Morgan fingerprint density at radius 3 is 2.70 bits per heavy atom. The van der Waals surface area contributed by atoms with Gasteiger partial charge in [0.15, 0.2) is 0 Å². The molecule has 0 aliphatic rings. The van der Waals surface area contributed by atoms with Crippen LogP contribution < -0.4 is 5.32 Å². The predicted octanol–water partition coefficient (Wildman–Crippen LogP) is 0.440. The second-order valence-corrected chi connectivity index (χ2v) is 1.85. The maximum absolute atomic E-state index is 10.5. The van der Waals surface area contributed by atoms with E-state index in [1.165, 1.54) is 6.08 Å². The van der Waals surface area contributed by atoms with Gasteiger partial charge >= 0.3 is 29.6 Å². The van der Waals surface area contributed by atoms with Crippen molar-refractivity contribution in [1.29, 1.82) is 0 Å². The van der Waals surface area contributed by atoms with Crippen LogP contribution in [0.15, 0.2) is 12.7 Å². The zero-order valence-electron chi connectivity index (χ0n) is 5.81. The quantitative estimate of drug-likeness (QED) is 0.352. The molecule has 0 rings (SSSR count). The molecule has 0 unspecified atom stereocenters. The number of amides is 1. The Labute approximate surface area is 84.4 Å². The van der Waals surface area contributed by atoms with Crippen LogP contribution in [0.4, 0.5) is 0 Å². The molecule has 54 valence electrons. The van der Waals surface area contributed by atoms with E-state index in [4.69, 9.17) is 0 Å². The summed E-state index contributed by atoms with van der Waals surface area (Å²) in [5, 5.41) is 2.68. The number of unbranched alkanes of at least 4 members (excludes halogenated alkanes) is 1. The number of carbonyl (C=O) groups is 1. The van der Waals surface area contributed by atoms with Crippen LogP contribution >= 0.6 is 0 Å². The first kappa shape index (κ1) is 12.8. The fraction of sp³-hybridized carbons (Fsp3) is 0.571. The average Bonchev–Trinajstić information content (AvgIpc) is 1.89. The molecule has 0 saturated heterocycles. The van der Waals surface area contributed by atoms with Crippen LogP contribution in [-0.2, 0) is 4.79 Å². The monoisotopic (exact) mass is 151 g/mol. The van der Waals surface area contributed by atoms with Crippen molar-refractivity contribution in [2.24, 2.45) is 0 Å². The molecule has 3 heteroatoms. The minimum atomic E-state index is -0.0801. The molecule has 0 saturated carbocycles. The fourth-order valence-electron chi connectivity index (χ4n) is 0.461. The summed E-state index contributed by atoms with van der Waals surface area (Å²) >= 11 is 0. The molecule has 1 N–H and O–H groups in total. The van der Waals surface area contributed by atoms with Crippen molar-refractivity contribution in [1.82, 2.24) is 5.32 Å². The van der Waals surface area contributed by atoms with Gasteiger partial charge in [0.1, 0.15) is 0 Å². The Balaban J connectivity index is 0. The number of nitrogens with one attached hydrogen (secondary N) is 1. The molecular weight excluding hydrogens is 137 g/mol. The van der Waals surface area contributed by atoms with Crippen LogP contribution in [0.3, 0.4) is 0 Å². The SMILES string of the molecule is C=CC(=O)NCCCC.[NaH]. The first-order chi connectivity index (χ1) is 4.31. The molecule has 0 aliphatic carbocycles. The van der Waals surface area contributed by atoms with E-state index in [-0.39, 0.29) is 35.5 Å². The van der Waals surface area contributed by atoms with E-state index in [2.05, 4.69) is 18.8 Å². The molecule has 0 aliphatic heterocycles. The van der Waals surface area contributed by atoms with Gasteiger partial charge in [-0.1, -0.05) is 19.9 Å². The van der Waals surface area contributed by atoms with Crippen molar-refractivity contribution >= 4 is 35.5 Å².